The highest BCUT2D eigenvalue weighted by atomic mass is 35.5. The fraction of sp³-hybridized carbons (Fsp3) is 0.333. The quantitative estimate of drug-likeness (QED) is 0.634. The van der Waals surface area contributed by atoms with Crippen LogP contribution in [0, 0.1) is 0 Å². The Morgan fingerprint density at radius 2 is 1.74 bits per heavy atom. The van der Waals surface area contributed by atoms with Crippen LogP contribution in [0.5, 0.6) is 0 Å². The van der Waals surface area contributed by atoms with Gasteiger partial charge >= 0.3 is 5.97 Å². The summed E-state index contributed by atoms with van der Waals surface area (Å²) in [6, 6.07) is 13.4. The third-order valence-corrected chi connectivity index (χ3v) is 6.94. The van der Waals surface area contributed by atoms with Crippen molar-refractivity contribution in [2.24, 2.45) is 0 Å². The number of hydrogen-bond acceptors (Lipinski definition) is 5. The molecule has 0 aromatic heterocycles. The van der Waals surface area contributed by atoms with Gasteiger partial charge in [-0.05, 0) is 43.2 Å². The van der Waals surface area contributed by atoms with Crippen molar-refractivity contribution < 1.29 is 22.7 Å². The number of amides is 1. The maximum atomic E-state index is 13.0. The second-order valence-electron chi connectivity index (χ2n) is 6.97. The first kappa shape index (κ1) is 23.2. The topological polar surface area (TPSA) is 96.0 Å². The monoisotopic (exact) mass is 465 g/mol. The Balaban J connectivity index is 1.68. The van der Waals surface area contributed by atoms with E-state index in [0.717, 1.165) is 9.87 Å². The molecule has 10 heteroatoms. The summed E-state index contributed by atoms with van der Waals surface area (Å²) in [4.78, 5) is 24.7. The first-order valence-electron chi connectivity index (χ1n) is 9.87. The van der Waals surface area contributed by atoms with Crippen molar-refractivity contribution in [2.75, 3.05) is 31.6 Å². The number of esters is 1. The molecule has 0 aliphatic carbocycles. The first-order valence-corrected chi connectivity index (χ1v) is 11.6. The SMILES string of the molecule is CCOC(=O)c1ccccc1NC(=O)CN1CCCN(Cc2ccc(Cl)cc2)S1(=O)=O. The number of halogens is 1. The van der Waals surface area contributed by atoms with Gasteiger partial charge in [0.2, 0.25) is 5.91 Å². The van der Waals surface area contributed by atoms with Gasteiger partial charge in [0.05, 0.1) is 24.4 Å². The molecule has 8 nitrogen and oxygen atoms in total. The van der Waals surface area contributed by atoms with E-state index in [9.17, 15) is 18.0 Å². The molecule has 1 fully saturated rings. The van der Waals surface area contributed by atoms with Crippen LogP contribution in [-0.2, 0) is 26.3 Å². The molecular formula is C21H24ClN3O5S. The van der Waals surface area contributed by atoms with Gasteiger partial charge in [0.25, 0.3) is 10.2 Å². The van der Waals surface area contributed by atoms with Gasteiger partial charge in [0.1, 0.15) is 0 Å². The van der Waals surface area contributed by atoms with E-state index in [-0.39, 0.29) is 37.5 Å². The number of anilines is 1. The highest BCUT2D eigenvalue weighted by Crippen LogP contribution is 2.21. The van der Waals surface area contributed by atoms with Gasteiger partial charge in [0, 0.05) is 24.7 Å². The van der Waals surface area contributed by atoms with E-state index in [4.69, 9.17) is 16.3 Å². The molecule has 31 heavy (non-hydrogen) atoms. The number of nitrogens with one attached hydrogen (secondary N) is 1. The molecule has 166 valence electrons. The highest BCUT2D eigenvalue weighted by Gasteiger charge is 2.34. The molecule has 1 aliphatic heterocycles. The summed E-state index contributed by atoms with van der Waals surface area (Å²) in [5.74, 6) is -1.09. The Kier molecular flexibility index (Phi) is 7.66. The molecule has 0 atom stereocenters. The fourth-order valence-electron chi connectivity index (χ4n) is 3.26. The van der Waals surface area contributed by atoms with E-state index in [1.165, 1.54) is 4.31 Å². The number of nitrogens with zero attached hydrogens (tertiary/aromatic N) is 2. The van der Waals surface area contributed by atoms with Crippen molar-refractivity contribution in [1.29, 1.82) is 0 Å². The summed E-state index contributed by atoms with van der Waals surface area (Å²) in [5, 5.41) is 3.20. The molecule has 0 bridgehead atoms. The number of rotatable bonds is 7. The van der Waals surface area contributed by atoms with E-state index in [1.807, 2.05) is 0 Å². The highest BCUT2D eigenvalue weighted by molar-refractivity contribution is 7.86. The predicted octanol–water partition coefficient (Wildman–Crippen LogP) is 2.91. The standard InChI is InChI=1S/C21H24ClN3O5S/c1-2-30-21(27)18-6-3-4-7-19(18)23-20(26)15-25-13-5-12-24(31(25,28)29)14-16-8-10-17(22)11-9-16/h3-4,6-11H,2,5,12-15H2,1H3,(H,23,26). The van der Waals surface area contributed by atoms with Gasteiger partial charge in [-0.25, -0.2) is 4.79 Å². The summed E-state index contributed by atoms with van der Waals surface area (Å²) < 4.78 is 33.5. The van der Waals surface area contributed by atoms with E-state index < -0.39 is 22.1 Å². The van der Waals surface area contributed by atoms with E-state index in [2.05, 4.69) is 5.32 Å². The van der Waals surface area contributed by atoms with Crippen LogP contribution < -0.4 is 5.32 Å². The van der Waals surface area contributed by atoms with Crippen molar-refractivity contribution in [3.8, 4) is 0 Å². The molecule has 1 aliphatic rings. The van der Waals surface area contributed by atoms with E-state index in [1.54, 1.807) is 55.5 Å². The Hall–Kier alpha value is -2.46. The number of carbonyl (C=O) groups is 2. The Morgan fingerprint density at radius 3 is 2.45 bits per heavy atom. The molecule has 1 N–H and O–H groups in total. The minimum absolute atomic E-state index is 0.198. The zero-order chi connectivity index (χ0) is 22.4. The minimum atomic E-state index is -3.81. The lowest BCUT2D eigenvalue weighted by Crippen LogP contribution is -2.51. The Labute approximate surface area is 186 Å². The van der Waals surface area contributed by atoms with Crippen LogP contribution in [-0.4, -0.2) is 55.1 Å². The van der Waals surface area contributed by atoms with Gasteiger partial charge in [0.15, 0.2) is 0 Å². The van der Waals surface area contributed by atoms with Gasteiger partial charge in [-0.1, -0.05) is 35.9 Å². The van der Waals surface area contributed by atoms with E-state index >= 15 is 0 Å². The van der Waals surface area contributed by atoms with Crippen LogP contribution in [0.3, 0.4) is 0 Å². The second kappa shape index (κ2) is 10.2. The maximum absolute atomic E-state index is 13.0. The smallest absolute Gasteiger partial charge is 0.340 e. The predicted molar refractivity (Wildman–Crippen MR) is 118 cm³/mol. The van der Waals surface area contributed by atoms with Crippen molar-refractivity contribution in [3.05, 3.63) is 64.7 Å². The molecule has 1 saturated heterocycles. The summed E-state index contributed by atoms with van der Waals surface area (Å²) in [7, 11) is -3.81. The van der Waals surface area contributed by atoms with Crippen LogP contribution in [0.2, 0.25) is 5.02 Å². The number of ether oxygens (including phenoxy) is 1. The molecule has 0 saturated carbocycles. The summed E-state index contributed by atoms with van der Waals surface area (Å²) in [6.07, 6.45) is 0.597. The molecule has 2 aromatic carbocycles. The summed E-state index contributed by atoms with van der Waals surface area (Å²) in [6.45, 7) is 2.35. The fourth-order valence-corrected chi connectivity index (χ4v) is 5.03. The first-order chi connectivity index (χ1) is 14.8. The summed E-state index contributed by atoms with van der Waals surface area (Å²) >= 11 is 5.89. The van der Waals surface area contributed by atoms with Crippen LogP contribution in [0.25, 0.3) is 0 Å². The molecule has 0 unspecified atom stereocenters. The number of carbonyl (C=O) groups excluding carboxylic acids is 2. The van der Waals surface area contributed by atoms with Crippen LogP contribution in [0.15, 0.2) is 48.5 Å². The third-order valence-electron chi connectivity index (χ3n) is 4.76. The average molecular weight is 466 g/mol. The van der Waals surface area contributed by atoms with E-state index in [0.29, 0.717) is 18.0 Å². The molecule has 1 amide bonds. The lowest BCUT2D eigenvalue weighted by atomic mass is 10.2. The lowest BCUT2D eigenvalue weighted by Gasteiger charge is -2.34. The van der Waals surface area contributed by atoms with Crippen LogP contribution in [0.1, 0.15) is 29.3 Å². The zero-order valence-electron chi connectivity index (χ0n) is 17.1. The number of benzene rings is 2. The van der Waals surface area contributed by atoms with Gasteiger partial charge in [-0.2, -0.15) is 17.0 Å². The maximum Gasteiger partial charge on any atom is 0.340 e. The largest absolute Gasteiger partial charge is 0.462 e. The second-order valence-corrected chi connectivity index (χ2v) is 9.33. The Bertz CT molecular complexity index is 1040. The molecule has 0 radical (unpaired) electrons. The average Bonchev–Trinajstić information content (AvgIpc) is 2.73. The number of para-hydroxylation sites is 1. The third kappa shape index (κ3) is 5.82. The normalized spacial score (nSPS) is 16.6. The lowest BCUT2D eigenvalue weighted by molar-refractivity contribution is -0.116. The van der Waals surface area contributed by atoms with Crippen molar-refractivity contribution >= 4 is 39.4 Å². The van der Waals surface area contributed by atoms with Crippen molar-refractivity contribution in [1.82, 2.24) is 8.61 Å². The Morgan fingerprint density at radius 1 is 1.06 bits per heavy atom. The van der Waals surface area contributed by atoms with Gasteiger partial charge in [-0.15, -0.1) is 0 Å². The van der Waals surface area contributed by atoms with Crippen molar-refractivity contribution in [3.63, 3.8) is 0 Å². The van der Waals surface area contributed by atoms with Crippen LogP contribution in [0.4, 0.5) is 5.69 Å². The molecule has 3 rings (SSSR count). The number of hydrogen-bond donors (Lipinski definition) is 1. The van der Waals surface area contributed by atoms with Crippen LogP contribution >= 0.6 is 11.6 Å². The van der Waals surface area contributed by atoms with Crippen molar-refractivity contribution in [2.45, 2.75) is 19.9 Å². The molecule has 0 spiro atoms. The van der Waals surface area contributed by atoms with Gasteiger partial charge < -0.3 is 10.1 Å². The molecular weight excluding hydrogens is 442 g/mol. The zero-order valence-corrected chi connectivity index (χ0v) is 18.7. The molecule has 1 heterocycles. The molecule has 2 aromatic rings. The summed E-state index contributed by atoms with van der Waals surface area (Å²) in [5.41, 5.74) is 1.30. The van der Waals surface area contributed by atoms with Gasteiger partial charge in [-0.3, -0.25) is 4.79 Å². The minimum Gasteiger partial charge on any atom is -0.462 e.